The van der Waals surface area contributed by atoms with Crippen molar-refractivity contribution in [1.29, 1.82) is 0 Å². The summed E-state index contributed by atoms with van der Waals surface area (Å²) in [6.07, 6.45) is 7.68. The number of aromatic nitrogens is 4. The lowest BCUT2D eigenvalue weighted by Gasteiger charge is -2.25. The van der Waals surface area contributed by atoms with Gasteiger partial charge in [-0.2, -0.15) is 5.10 Å². The lowest BCUT2D eigenvalue weighted by molar-refractivity contribution is -0.127. The van der Waals surface area contributed by atoms with Crippen LogP contribution in [0.15, 0.2) is 43.0 Å². The molecule has 0 radical (unpaired) electrons. The van der Waals surface area contributed by atoms with E-state index in [1.165, 1.54) is 0 Å². The Morgan fingerprint density at radius 3 is 2.80 bits per heavy atom. The lowest BCUT2D eigenvalue weighted by atomic mass is 9.94. The Kier molecular flexibility index (Phi) is 3.83. The summed E-state index contributed by atoms with van der Waals surface area (Å²) in [4.78, 5) is 22.5. The SMILES string of the molecule is CN1C(=O)C[C@@H](CNc2ccnc3c2cnn3C)[C@@H]1c1ccncc1. The molecule has 0 aromatic carbocycles. The van der Waals surface area contributed by atoms with Crippen molar-refractivity contribution in [1.82, 2.24) is 24.6 Å². The molecule has 1 fully saturated rings. The van der Waals surface area contributed by atoms with Crippen LogP contribution in [-0.2, 0) is 11.8 Å². The predicted molar refractivity (Wildman–Crippen MR) is 94.9 cm³/mol. The van der Waals surface area contributed by atoms with Crippen molar-refractivity contribution in [2.75, 3.05) is 18.9 Å². The van der Waals surface area contributed by atoms with Crippen molar-refractivity contribution in [3.05, 3.63) is 48.5 Å². The number of nitrogens with zero attached hydrogens (tertiary/aromatic N) is 5. The smallest absolute Gasteiger partial charge is 0.223 e. The Morgan fingerprint density at radius 2 is 2.00 bits per heavy atom. The first-order valence-electron chi connectivity index (χ1n) is 8.31. The number of carbonyl (C=O) groups is 1. The minimum absolute atomic E-state index is 0.0641. The molecule has 3 aromatic rings. The zero-order valence-electron chi connectivity index (χ0n) is 14.3. The third-order valence-electron chi connectivity index (χ3n) is 4.93. The van der Waals surface area contributed by atoms with Gasteiger partial charge in [0.15, 0.2) is 5.65 Å². The average molecular weight is 336 g/mol. The summed E-state index contributed by atoms with van der Waals surface area (Å²) in [7, 11) is 3.75. The van der Waals surface area contributed by atoms with Crippen molar-refractivity contribution in [3.8, 4) is 0 Å². The van der Waals surface area contributed by atoms with Crippen LogP contribution in [0.2, 0.25) is 0 Å². The molecule has 7 nitrogen and oxygen atoms in total. The standard InChI is InChI=1S/C18H20N6O/c1-23-16(25)9-13(17(23)12-3-6-19-7-4-12)10-21-15-5-8-20-18-14(15)11-22-24(18)2/h3-8,11,13,17H,9-10H2,1-2H3,(H,20,21)/t13-,17-/m0/s1. The lowest BCUT2D eigenvalue weighted by Crippen LogP contribution is -2.26. The summed E-state index contributed by atoms with van der Waals surface area (Å²) in [5, 5.41) is 8.75. The molecule has 7 heteroatoms. The molecule has 2 atom stereocenters. The number of likely N-dealkylation sites (tertiary alicyclic amines) is 1. The molecule has 0 spiro atoms. The van der Waals surface area contributed by atoms with Crippen LogP contribution >= 0.6 is 0 Å². The maximum absolute atomic E-state index is 12.3. The number of amides is 1. The number of hydrogen-bond acceptors (Lipinski definition) is 5. The first-order valence-corrected chi connectivity index (χ1v) is 8.31. The molecule has 128 valence electrons. The van der Waals surface area contributed by atoms with Gasteiger partial charge in [0.25, 0.3) is 0 Å². The third kappa shape index (κ3) is 2.71. The molecule has 1 N–H and O–H groups in total. The number of hydrogen-bond donors (Lipinski definition) is 1. The molecule has 1 amide bonds. The minimum atomic E-state index is 0.0641. The number of aryl methyl sites for hydroxylation is 1. The molecule has 4 rings (SSSR count). The fraction of sp³-hybridized carbons (Fsp3) is 0.333. The number of anilines is 1. The highest BCUT2D eigenvalue weighted by atomic mass is 16.2. The molecule has 1 aliphatic rings. The van der Waals surface area contributed by atoms with Crippen LogP contribution < -0.4 is 5.32 Å². The van der Waals surface area contributed by atoms with E-state index in [1.807, 2.05) is 43.4 Å². The van der Waals surface area contributed by atoms with Crippen LogP contribution in [0.3, 0.4) is 0 Å². The Morgan fingerprint density at radius 1 is 1.20 bits per heavy atom. The number of rotatable bonds is 4. The largest absolute Gasteiger partial charge is 0.384 e. The summed E-state index contributed by atoms with van der Waals surface area (Å²) in [5.74, 6) is 0.370. The molecular formula is C18H20N6O. The fourth-order valence-electron chi connectivity index (χ4n) is 3.63. The van der Waals surface area contributed by atoms with Gasteiger partial charge in [0.1, 0.15) is 0 Å². The maximum atomic E-state index is 12.3. The molecule has 3 aromatic heterocycles. The van der Waals surface area contributed by atoms with E-state index in [-0.39, 0.29) is 17.9 Å². The van der Waals surface area contributed by atoms with Gasteiger partial charge < -0.3 is 10.2 Å². The molecule has 0 bridgehead atoms. The van der Waals surface area contributed by atoms with Gasteiger partial charge in [-0.1, -0.05) is 0 Å². The number of pyridine rings is 2. The van der Waals surface area contributed by atoms with Crippen molar-refractivity contribution >= 4 is 22.6 Å². The summed E-state index contributed by atoms with van der Waals surface area (Å²) in [5.41, 5.74) is 2.96. The van der Waals surface area contributed by atoms with Crippen LogP contribution in [0, 0.1) is 5.92 Å². The topological polar surface area (TPSA) is 75.9 Å². The van der Waals surface area contributed by atoms with Gasteiger partial charge in [0.05, 0.1) is 17.6 Å². The number of carbonyl (C=O) groups excluding carboxylic acids is 1. The molecule has 0 saturated carbocycles. The predicted octanol–water partition coefficient (Wildman–Crippen LogP) is 1.99. The second-order valence-electron chi connectivity index (χ2n) is 6.44. The fourth-order valence-corrected chi connectivity index (χ4v) is 3.63. The molecule has 4 heterocycles. The first-order chi connectivity index (χ1) is 12.1. The number of fused-ring (bicyclic) bond motifs is 1. The van der Waals surface area contributed by atoms with Crippen LogP contribution in [0.25, 0.3) is 11.0 Å². The molecule has 1 aliphatic heterocycles. The zero-order valence-corrected chi connectivity index (χ0v) is 14.3. The van der Waals surface area contributed by atoms with Gasteiger partial charge in [-0.25, -0.2) is 4.98 Å². The normalized spacial score (nSPS) is 20.4. The van der Waals surface area contributed by atoms with Gasteiger partial charge in [-0.05, 0) is 23.8 Å². The summed E-state index contributed by atoms with van der Waals surface area (Å²) >= 11 is 0. The van der Waals surface area contributed by atoms with E-state index >= 15 is 0 Å². The molecule has 0 aliphatic carbocycles. The van der Waals surface area contributed by atoms with Gasteiger partial charge in [-0.15, -0.1) is 0 Å². The third-order valence-corrected chi connectivity index (χ3v) is 4.93. The van der Waals surface area contributed by atoms with Crippen molar-refractivity contribution in [2.24, 2.45) is 13.0 Å². The first kappa shape index (κ1) is 15.6. The maximum Gasteiger partial charge on any atom is 0.223 e. The number of nitrogens with one attached hydrogen (secondary N) is 1. The zero-order chi connectivity index (χ0) is 17.4. The van der Waals surface area contributed by atoms with Crippen LogP contribution in [0.1, 0.15) is 18.0 Å². The van der Waals surface area contributed by atoms with E-state index in [4.69, 9.17) is 0 Å². The van der Waals surface area contributed by atoms with Crippen molar-refractivity contribution in [3.63, 3.8) is 0 Å². The highest BCUT2D eigenvalue weighted by Gasteiger charge is 2.38. The highest BCUT2D eigenvalue weighted by molar-refractivity contribution is 5.88. The van der Waals surface area contributed by atoms with E-state index in [2.05, 4.69) is 20.4 Å². The summed E-state index contributed by atoms with van der Waals surface area (Å²) < 4.78 is 1.76. The van der Waals surface area contributed by atoms with E-state index in [0.29, 0.717) is 13.0 Å². The van der Waals surface area contributed by atoms with Gasteiger partial charge in [-0.3, -0.25) is 14.5 Å². The van der Waals surface area contributed by atoms with Crippen molar-refractivity contribution in [2.45, 2.75) is 12.5 Å². The minimum Gasteiger partial charge on any atom is -0.384 e. The van der Waals surface area contributed by atoms with E-state index < -0.39 is 0 Å². The molecule has 0 unspecified atom stereocenters. The molecular weight excluding hydrogens is 316 g/mol. The second kappa shape index (κ2) is 6.16. The summed E-state index contributed by atoms with van der Waals surface area (Å²) in [6.45, 7) is 0.705. The van der Waals surface area contributed by atoms with E-state index in [9.17, 15) is 4.79 Å². The summed E-state index contributed by atoms with van der Waals surface area (Å²) in [6, 6.07) is 5.98. The van der Waals surface area contributed by atoms with E-state index in [0.717, 1.165) is 22.3 Å². The van der Waals surface area contributed by atoms with Crippen molar-refractivity contribution < 1.29 is 4.79 Å². The Bertz CT molecular complexity index is 906. The van der Waals surface area contributed by atoms with Crippen LogP contribution in [0.5, 0.6) is 0 Å². The average Bonchev–Trinajstić information content (AvgIpc) is 3.15. The molecule has 25 heavy (non-hydrogen) atoms. The Balaban J connectivity index is 1.57. The van der Waals surface area contributed by atoms with Crippen LogP contribution in [-0.4, -0.2) is 44.1 Å². The Labute approximate surface area is 145 Å². The monoisotopic (exact) mass is 336 g/mol. The van der Waals surface area contributed by atoms with Gasteiger partial charge in [0.2, 0.25) is 5.91 Å². The Hall–Kier alpha value is -2.96. The van der Waals surface area contributed by atoms with Crippen LogP contribution in [0.4, 0.5) is 5.69 Å². The van der Waals surface area contributed by atoms with Gasteiger partial charge in [0, 0.05) is 57.3 Å². The highest BCUT2D eigenvalue weighted by Crippen LogP contribution is 2.37. The van der Waals surface area contributed by atoms with E-state index in [1.54, 1.807) is 23.3 Å². The quantitative estimate of drug-likeness (QED) is 0.788. The second-order valence-corrected chi connectivity index (χ2v) is 6.44. The molecule has 1 saturated heterocycles. The van der Waals surface area contributed by atoms with Gasteiger partial charge >= 0.3 is 0 Å².